The van der Waals surface area contributed by atoms with Crippen molar-refractivity contribution in [1.29, 1.82) is 0 Å². The molecule has 0 saturated carbocycles. The maximum atomic E-state index is 12.7. The smallest absolute Gasteiger partial charge is 0.326 e. The summed E-state index contributed by atoms with van der Waals surface area (Å²) in [6.07, 6.45) is 1.56. The van der Waals surface area contributed by atoms with Gasteiger partial charge in [-0.15, -0.1) is 0 Å². The first kappa shape index (κ1) is 26.4. The molecule has 11 heteroatoms. The highest BCUT2D eigenvalue weighted by Gasteiger charge is 2.36. The van der Waals surface area contributed by atoms with Crippen molar-refractivity contribution in [3.8, 4) is 11.5 Å². The molecule has 0 spiro atoms. The average molecular weight is 589 g/mol. The molecule has 0 aromatic heterocycles. The largest absolute Gasteiger partial charge is 0.490 e. The first-order valence-electron chi connectivity index (χ1n) is 10.2. The standard InChI is InChI=1S/C23H20BrCl2NO6S/c1-3-31-18-9-14(10-19-22(29)27(23(30)34-19)11-20(28)32-4-2)7-15(24)21(18)33-12-13-5-6-16(25)17(26)8-13/h5-10H,3-4,11-12H2,1-2H3/b19-10-. The zero-order valence-corrected chi connectivity index (χ0v) is 22.1. The monoisotopic (exact) mass is 587 g/mol. The predicted octanol–water partition coefficient (Wildman–Crippen LogP) is 6.33. The van der Waals surface area contributed by atoms with E-state index in [0.29, 0.717) is 38.2 Å². The molecule has 1 aliphatic rings. The number of halogens is 3. The van der Waals surface area contributed by atoms with Gasteiger partial charge in [-0.05, 0) is 83.0 Å². The molecular weight excluding hydrogens is 569 g/mol. The number of esters is 1. The Balaban J connectivity index is 1.82. The molecule has 180 valence electrons. The van der Waals surface area contributed by atoms with Gasteiger partial charge in [-0.3, -0.25) is 19.3 Å². The third kappa shape index (κ3) is 6.47. The molecule has 2 aromatic carbocycles. The van der Waals surface area contributed by atoms with Crippen LogP contribution in [0.15, 0.2) is 39.7 Å². The van der Waals surface area contributed by atoms with Gasteiger partial charge in [0.25, 0.3) is 11.1 Å². The average Bonchev–Trinajstić information content (AvgIpc) is 3.03. The van der Waals surface area contributed by atoms with E-state index in [1.54, 1.807) is 37.3 Å². The third-order valence-electron chi connectivity index (χ3n) is 4.46. The van der Waals surface area contributed by atoms with Crippen molar-refractivity contribution in [3.05, 3.63) is 60.9 Å². The van der Waals surface area contributed by atoms with Crippen LogP contribution in [0.3, 0.4) is 0 Å². The van der Waals surface area contributed by atoms with Crippen LogP contribution < -0.4 is 9.47 Å². The second-order valence-corrected chi connectivity index (χ2v) is 9.53. The zero-order chi connectivity index (χ0) is 24.8. The Morgan fingerprint density at radius 1 is 1.09 bits per heavy atom. The van der Waals surface area contributed by atoms with Crippen molar-refractivity contribution >= 4 is 74.1 Å². The quantitative estimate of drug-likeness (QED) is 0.250. The number of rotatable bonds is 9. The fourth-order valence-corrected chi connectivity index (χ4v) is 4.72. The minimum atomic E-state index is -0.643. The molecule has 1 heterocycles. The van der Waals surface area contributed by atoms with Gasteiger partial charge >= 0.3 is 5.97 Å². The molecule has 3 rings (SSSR count). The predicted molar refractivity (Wildman–Crippen MR) is 135 cm³/mol. The van der Waals surface area contributed by atoms with E-state index in [0.717, 1.165) is 22.2 Å². The lowest BCUT2D eigenvalue weighted by Gasteiger charge is -2.15. The van der Waals surface area contributed by atoms with Gasteiger partial charge in [0.1, 0.15) is 13.2 Å². The van der Waals surface area contributed by atoms with Gasteiger partial charge in [0, 0.05) is 0 Å². The fraction of sp³-hybridized carbons (Fsp3) is 0.261. The molecule has 0 atom stereocenters. The molecule has 0 radical (unpaired) electrons. The maximum absolute atomic E-state index is 12.7. The van der Waals surface area contributed by atoms with Crippen molar-refractivity contribution in [2.75, 3.05) is 19.8 Å². The van der Waals surface area contributed by atoms with Crippen molar-refractivity contribution in [2.45, 2.75) is 20.5 Å². The topological polar surface area (TPSA) is 82.1 Å². The summed E-state index contributed by atoms with van der Waals surface area (Å²) >= 11 is 16.3. The summed E-state index contributed by atoms with van der Waals surface area (Å²) in [7, 11) is 0. The summed E-state index contributed by atoms with van der Waals surface area (Å²) in [6.45, 7) is 3.84. The number of carbonyl (C=O) groups is 3. The van der Waals surface area contributed by atoms with Crippen LogP contribution in [-0.2, 0) is 20.9 Å². The lowest BCUT2D eigenvalue weighted by atomic mass is 10.1. The van der Waals surface area contributed by atoms with Crippen LogP contribution >= 0.6 is 50.9 Å². The van der Waals surface area contributed by atoms with Crippen LogP contribution in [0.2, 0.25) is 10.0 Å². The summed E-state index contributed by atoms with van der Waals surface area (Å²) in [4.78, 5) is 37.6. The summed E-state index contributed by atoms with van der Waals surface area (Å²) in [5.74, 6) is -0.276. The number of imide groups is 1. The Morgan fingerprint density at radius 2 is 1.85 bits per heavy atom. The van der Waals surface area contributed by atoms with Gasteiger partial charge in [0.15, 0.2) is 11.5 Å². The lowest BCUT2D eigenvalue weighted by Crippen LogP contribution is -2.34. The van der Waals surface area contributed by atoms with Gasteiger partial charge in [-0.25, -0.2) is 0 Å². The molecule has 7 nitrogen and oxygen atoms in total. The van der Waals surface area contributed by atoms with Crippen LogP contribution in [0.1, 0.15) is 25.0 Å². The number of carbonyl (C=O) groups excluding carboxylic acids is 3. The highest BCUT2D eigenvalue weighted by molar-refractivity contribution is 9.10. The molecule has 2 amide bonds. The fourth-order valence-electron chi connectivity index (χ4n) is 2.98. The first-order chi connectivity index (χ1) is 16.2. The molecule has 0 bridgehead atoms. The Morgan fingerprint density at radius 3 is 2.53 bits per heavy atom. The third-order valence-corrected chi connectivity index (χ3v) is 6.70. The summed E-state index contributed by atoms with van der Waals surface area (Å²) < 4.78 is 17.1. The molecule has 2 aromatic rings. The molecular formula is C23H20BrCl2NO6S. The van der Waals surface area contributed by atoms with Crippen LogP contribution in [0, 0.1) is 0 Å². The van der Waals surface area contributed by atoms with E-state index in [1.807, 2.05) is 13.0 Å². The second kappa shape index (κ2) is 12.0. The van der Waals surface area contributed by atoms with Crippen LogP contribution in [-0.4, -0.2) is 41.8 Å². The Kier molecular flexibility index (Phi) is 9.30. The summed E-state index contributed by atoms with van der Waals surface area (Å²) in [6, 6.07) is 8.67. The first-order valence-corrected chi connectivity index (χ1v) is 12.5. The SMILES string of the molecule is CCOC(=O)CN1C(=O)S/C(=C\c2cc(Br)c(OCc3ccc(Cl)c(Cl)c3)c(OCC)c2)C1=O. The Hall–Kier alpha value is -2.20. The van der Waals surface area contributed by atoms with Crippen molar-refractivity contribution in [2.24, 2.45) is 0 Å². The number of ether oxygens (including phenoxy) is 3. The number of hydrogen-bond acceptors (Lipinski definition) is 7. The Bertz CT molecular complexity index is 1160. The van der Waals surface area contributed by atoms with Crippen molar-refractivity contribution < 1.29 is 28.6 Å². The maximum Gasteiger partial charge on any atom is 0.326 e. The number of thioether (sulfide) groups is 1. The van der Waals surface area contributed by atoms with E-state index in [2.05, 4.69) is 15.9 Å². The molecule has 34 heavy (non-hydrogen) atoms. The highest BCUT2D eigenvalue weighted by atomic mass is 79.9. The van der Waals surface area contributed by atoms with Gasteiger partial charge in [-0.2, -0.15) is 0 Å². The van der Waals surface area contributed by atoms with E-state index in [4.69, 9.17) is 37.4 Å². The van der Waals surface area contributed by atoms with Crippen LogP contribution in [0.4, 0.5) is 4.79 Å². The van der Waals surface area contributed by atoms with E-state index < -0.39 is 23.7 Å². The highest BCUT2D eigenvalue weighted by Crippen LogP contribution is 2.40. The molecule has 0 N–H and O–H groups in total. The lowest BCUT2D eigenvalue weighted by molar-refractivity contribution is -0.145. The molecule has 0 aliphatic carbocycles. The van der Waals surface area contributed by atoms with Crippen LogP contribution in [0.5, 0.6) is 11.5 Å². The number of benzene rings is 2. The summed E-state index contributed by atoms with van der Waals surface area (Å²) in [5.41, 5.74) is 1.43. The molecule has 0 unspecified atom stereocenters. The number of hydrogen-bond donors (Lipinski definition) is 0. The van der Waals surface area contributed by atoms with Crippen LogP contribution in [0.25, 0.3) is 6.08 Å². The summed E-state index contributed by atoms with van der Waals surface area (Å²) in [5, 5.41) is 0.353. The van der Waals surface area contributed by atoms with Gasteiger partial charge < -0.3 is 14.2 Å². The van der Waals surface area contributed by atoms with Gasteiger partial charge in [0.2, 0.25) is 0 Å². The molecule has 1 fully saturated rings. The number of amides is 2. The number of nitrogens with zero attached hydrogens (tertiary/aromatic N) is 1. The van der Waals surface area contributed by atoms with Crippen molar-refractivity contribution in [1.82, 2.24) is 4.90 Å². The van der Waals surface area contributed by atoms with E-state index >= 15 is 0 Å². The minimum Gasteiger partial charge on any atom is -0.490 e. The van der Waals surface area contributed by atoms with Gasteiger partial charge in [-0.1, -0.05) is 29.3 Å². The van der Waals surface area contributed by atoms with Gasteiger partial charge in [0.05, 0.1) is 32.6 Å². The second-order valence-electron chi connectivity index (χ2n) is 6.87. The Labute approximate surface area is 219 Å². The van der Waals surface area contributed by atoms with Crippen molar-refractivity contribution in [3.63, 3.8) is 0 Å². The van der Waals surface area contributed by atoms with E-state index in [1.165, 1.54) is 0 Å². The normalized spacial score (nSPS) is 14.6. The molecule has 1 aliphatic heterocycles. The zero-order valence-electron chi connectivity index (χ0n) is 18.2. The van der Waals surface area contributed by atoms with E-state index in [-0.39, 0.29) is 18.1 Å². The molecule has 1 saturated heterocycles. The minimum absolute atomic E-state index is 0.165. The van der Waals surface area contributed by atoms with E-state index in [9.17, 15) is 14.4 Å².